The second-order valence-corrected chi connectivity index (χ2v) is 5.14. The van der Waals surface area contributed by atoms with Gasteiger partial charge in [-0.1, -0.05) is 13.0 Å². The first-order valence-electron chi connectivity index (χ1n) is 7.47. The van der Waals surface area contributed by atoms with Crippen LogP contribution in [0.3, 0.4) is 0 Å². The maximum atomic E-state index is 12.0. The van der Waals surface area contributed by atoms with Crippen LogP contribution < -0.4 is 9.47 Å². The molecule has 0 bridgehead atoms. The molecule has 5 heteroatoms. The standard InChI is InChI=1S/C16H23NO4/c1-4-8-19-16(18)17(5-2)12(3)9-13-6-7-14-15(10-13)21-11-20-14/h6-7,10,12H,4-5,8-9,11H2,1-3H3/t12-/m0/s1. The van der Waals surface area contributed by atoms with Gasteiger partial charge in [0.05, 0.1) is 6.61 Å². The highest BCUT2D eigenvalue weighted by molar-refractivity contribution is 5.68. The summed E-state index contributed by atoms with van der Waals surface area (Å²) >= 11 is 0. The van der Waals surface area contributed by atoms with Gasteiger partial charge in [0.25, 0.3) is 0 Å². The van der Waals surface area contributed by atoms with Crippen molar-refractivity contribution in [3.63, 3.8) is 0 Å². The number of amides is 1. The van der Waals surface area contributed by atoms with Crippen LogP contribution in [0.2, 0.25) is 0 Å². The summed E-state index contributed by atoms with van der Waals surface area (Å²) in [6.45, 7) is 7.35. The zero-order valence-corrected chi connectivity index (χ0v) is 12.9. The molecule has 1 aliphatic rings. The van der Waals surface area contributed by atoms with Crippen molar-refractivity contribution < 1.29 is 19.0 Å². The van der Waals surface area contributed by atoms with Crippen molar-refractivity contribution in [2.75, 3.05) is 19.9 Å². The van der Waals surface area contributed by atoms with Gasteiger partial charge in [-0.3, -0.25) is 0 Å². The van der Waals surface area contributed by atoms with Crippen LogP contribution in [0.1, 0.15) is 32.8 Å². The van der Waals surface area contributed by atoms with Gasteiger partial charge in [0.15, 0.2) is 11.5 Å². The fraction of sp³-hybridized carbons (Fsp3) is 0.562. The third-order valence-corrected chi connectivity index (χ3v) is 3.51. The molecule has 1 aliphatic heterocycles. The Hall–Kier alpha value is -1.91. The van der Waals surface area contributed by atoms with Crippen LogP contribution in [-0.4, -0.2) is 37.0 Å². The summed E-state index contributed by atoms with van der Waals surface area (Å²) in [5, 5.41) is 0. The van der Waals surface area contributed by atoms with Crippen LogP contribution in [0.4, 0.5) is 4.79 Å². The number of ether oxygens (including phenoxy) is 3. The average molecular weight is 293 g/mol. The molecule has 0 spiro atoms. The number of carbonyl (C=O) groups is 1. The van der Waals surface area contributed by atoms with E-state index in [1.807, 2.05) is 39.0 Å². The van der Waals surface area contributed by atoms with Gasteiger partial charge < -0.3 is 19.1 Å². The first kappa shape index (κ1) is 15.5. The number of benzene rings is 1. The third-order valence-electron chi connectivity index (χ3n) is 3.51. The Balaban J connectivity index is 1.98. The van der Waals surface area contributed by atoms with E-state index in [1.165, 1.54) is 0 Å². The van der Waals surface area contributed by atoms with Gasteiger partial charge in [-0.2, -0.15) is 0 Å². The van der Waals surface area contributed by atoms with E-state index in [0.29, 0.717) is 13.2 Å². The fourth-order valence-corrected chi connectivity index (χ4v) is 2.41. The monoisotopic (exact) mass is 293 g/mol. The van der Waals surface area contributed by atoms with Crippen molar-refractivity contribution >= 4 is 6.09 Å². The number of nitrogens with zero attached hydrogens (tertiary/aromatic N) is 1. The third kappa shape index (κ3) is 3.80. The Morgan fingerprint density at radius 3 is 2.81 bits per heavy atom. The molecule has 0 aliphatic carbocycles. The van der Waals surface area contributed by atoms with E-state index < -0.39 is 0 Å². The normalized spacial score (nSPS) is 13.9. The zero-order valence-electron chi connectivity index (χ0n) is 12.9. The number of carbonyl (C=O) groups excluding carboxylic acids is 1. The van der Waals surface area contributed by atoms with E-state index in [9.17, 15) is 4.79 Å². The van der Waals surface area contributed by atoms with Crippen LogP contribution >= 0.6 is 0 Å². The quantitative estimate of drug-likeness (QED) is 0.808. The Morgan fingerprint density at radius 1 is 1.33 bits per heavy atom. The SMILES string of the molecule is CCCOC(=O)N(CC)[C@@H](C)Cc1ccc2c(c1)OCO2. The summed E-state index contributed by atoms with van der Waals surface area (Å²) in [5.41, 5.74) is 1.12. The van der Waals surface area contributed by atoms with Crippen LogP contribution in [-0.2, 0) is 11.2 Å². The second kappa shape index (κ2) is 7.20. The second-order valence-electron chi connectivity index (χ2n) is 5.14. The molecule has 21 heavy (non-hydrogen) atoms. The molecule has 1 heterocycles. The lowest BCUT2D eigenvalue weighted by molar-refractivity contribution is 0.0911. The lowest BCUT2D eigenvalue weighted by Crippen LogP contribution is -2.40. The maximum absolute atomic E-state index is 12.0. The molecule has 1 aromatic rings. The van der Waals surface area contributed by atoms with Crippen molar-refractivity contribution in [1.82, 2.24) is 4.90 Å². The predicted molar refractivity (Wildman–Crippen MR) is 79.8 cm³/mol. The fourth-order valence-electron chi connectivity index (χ4n) is 2.41. The summed E-state index contributed by atoms with van der Waals surface area (Å²) in [4.78, 5) is 13.8. The van der Waals surface area contributed by atoms with E-state index in [0.717, 1.165) is 29.9 Å². The van der Waals surface area contributed by atoms with Gasteiger partial charge >= 0.3 is 6.09 Å². The van der Waals surface area contributed by atoms with E-state index in [1.54, 1.807) is 4.90 Å². The highest BCUT2D eigenvalue weighted by Gasteiger charge is 2.21. The summed E-state index contributed by atoms with van der Waals surface area (Å²) in [6.07, 6.45) is 1.35. The molecule has 1 aromatic carbocycles. The van der Waals surface area contributed by atoms with Crippen molar-refractivity contribution in [2.24, 2.45) is 0 Å². The topological polar surface area (TPSA) is 48.0 Å². The van der Waals surface area contributed by atoms with Gasteiger partial charge in [-0.25, -0.2) is 4.79 Å². The summed E-state index contributed by atoms with van der Waals surface area (Å²) in [5.74, 6) is 1.55. The van der Waals surface area contributed by atoms with Crippen LogP contribution in [0.15, 0.2) is 18.2 Å². The number of rotatable bonds is 6. The minimum atomic E-state index is -0.243. The first-order valence-corrected chi connectivity index (χ1v) is 7.47. The van der Waals surface area contributed by atoms with Crippen molar-refractivity contribution in [3.05, 3.63) is 23.8 Å². The van der Waals surface area contributed by atoms with Gasteiger partial charge in [0.1, 0.15) is 0 Å². The zero-order chi connectivity index (χ0) is 15.2. The molecule has 0 unspecified atom stereocenters. The smallest absolute Gasteiger partial charge is 0.409 e. The van der Waals surface area contributed by atoms with E-state index in [4.69, 9.17) is 14.2 Å². The van der Waals surface area contributed by atoms with Crippen LogP contribution in [0.5, 0.6) is 11.5 Å². The molecule has 2 rings (SSSR count). The van der Waals surface area contributed by atoms with E-state index in [-0.39, 0.29) is 18.9 Å². The molecule has 116 valence electrons. The molecule has 5 nitrogen and oxygen atoms in total. The van der Waals surface area contributed by atoms with Crippen molar-refractivity contribution in [3.8, 4) is 11.5 Å². The number of hydrogen-bond donors (Lipinski definition) is 0. The summed E-state index contributed by atoms with van der Waals surface area (Å²) in [7, 11) is 0. The van der Waals surface area contributed by atoms with Gasteiger partial charge in [-0.15, -0.1) is 0 Å². The van der Waals surface area contributed by atoms with Crippen molar-refractivity contribution in [2.45, 2.75) is 39.7 Å². The van der Waals surface area contributed by atoms with E-state index in [2.05, 4.69) is 0 Å². The molecule has 0 radical (unpaired) electrons. The number of hydrogen-bond acceptors (Lipinski definition) is 4. The molecular formula is C16H23NO4. The minimum absolute atomic E-state index is 0.0692. The molecule has 0 saturated carbocycles. The van der Waals surface area contributed by atoms with Gasteiger partial charge in [-0.05, 0) is 44.4 Å². The Bertz CT molecular complexity index is 489. The summed E-state index contributed by atoms with van der Waals surface area (Å²) in [6, 6.07) is 5.97. The first-order chi connectivity index (χ1) is 10.2. The highest BCUT2D eigenvalue weighted by atomic mass is 16.7. The Morgan fingerprint density at radius 2 is 2.10 bits per heavy atom. The van der Waals surface area contributed by atoms with E-state index >= 15 is 0 Å². The molecule has 1 amide bonds. The molecule has 0 N–H and O–H groups in total. The highest BCUT2D eigenvalue weighted by Crippen LogP contribution is 2.33. The number of fused-ring (bicyclic) bond motifs is 1. The van der Waals surface area contributed by atoms with Crippen molar-refractivity contribution in [1.29, 1.82) is 0 Å². The van der Waals surface area contributed by atoms with Crippen LogP contribution in [0.25, 0.3) is 0 Å². The number of likely N-dealkylation sites (N-methyl/N-ethyl adjacent to an activating group) is 1. The molecule has 1 atom stereocenters. The Labute approximate surface area is 125 Å². The van der Waals surface area contributed by atoms with Gasteiger partial charge in [0, 0.05) is 12.6 Å². The lowest BCUT2D eigenvalue weighted by Gasteiger charge is -2.27. The average Bonchev–Trinajstić information content (AvgIpc) is 2.93. The Kier molecular flexibility index (Phi) is 5.31. The van der Waals surface area contributed by atoms with Gasteiger partial charge in [0.2, 0.25) is 6.79 Å². The molecule has 0 aromatic heterocycles. The minimum Gasteiger partial charge on any atom is -0.454 e. The maximum Gasteiger partial charge on any atom is 0.409 e. The molecule has 0 fully saturated rings. The lowest BCUT2D eigenvalue weighted by atomic mass is 10.1. The molecule has 0 saturated heterocycles. The molecular weight excluding hydrogens is 270 g/mol. The largest absolute Gasteiger partial charge is 0.454 e. The predicted octanol–water partition coefficient (Wildman–Crippen LogP) is 3.21. The summed E-state index contributed by atoms with van der Waals surface area (Å²) < 4.78 is 15.9. The van der Waals surface area contributed by atoms with Crippen LogP contribution in [0, 0.1) is 0 Å².